The predicted octanol–water partition coefficient (Wildman–Crippen LogP) is 8.55. The first-order valence-corrected chi connectivity index (χ1v) is 32.5. The number of nitrogens with one attached hydrogen (secondary N) is 1. The lowest BCUT2D eigenvalue weighted by Crippen LogP contribution is -2.62. The van der Waals surface area contributed by atoms with E-state index in [0.29, 0.717) is 17.4 Å². The number of hydrogen-bond donors (Lipinski definition) is 8. The Labute approximate surface area is 471 Å². The van der Waals surface area contributed by atoms with Gasteiger partial charge in [0, 0.05) is 6.42 Å². The smallest absolute Gasteiger partial charge is 0.268 e. The van der Waals surface area contributed by atoms with Crippen LogP contribution in [0.3, 0.4) is 0 Å². The molecule has 2 aliphatic heterocycles. The SMILES string of the molecule is CCCCCCCCCCCCC/C=C/[C@@H](O)[C@H](CO[C@@H]1O[C@H](CO[C@@H]2O[C@H](COP(=O)([O-])OCC[N+](C)(C)C)[C@H](O)[C@H](O)[C@H]2O)[C@H](O)[C@H](O)[C@H]1O)NC(=O)CCCCCCCCCCCCCCCCCCCCCCC. The molecule has 2 aliphatic rings. The first-order chi connectivity index (χ1) is 37.4. The highest BCUT2D eigenvalue weighted by Gasteiger charge is 2.48. The summed E-state index contributed by atoms with van der Waals surface area (Å²) in [6, 6.07) is -0.958. The number of hydrogen-bond acceptors (Lipinski definition) is 16. The second-order valence-corrected chi connectivity index (χ2v) is 24.9. The molecular formula is C59H115N2O16P. The summed E-state index contributed by atoms with van der Waals surface area (Å²) in [5, 5.41) is 78.8. The van der Waals surface area contributed by atoms with Crippen LogP contribution in [0.2, 0.25) is 0 Å². The molecule has 0 bridgehead atoms. The maximum atomic E-state index is 13.3. The number of allylic oxidation sites excluding steroid dienone is 1. The van der Waals surface area contributed by atoms with Gasteiger partial charge >= 0.3 is 0 Å². The van der Waals surface area contributed by atoms with Crippen molar-refractivity contribution in [3.8, 4) is 0 Å². The molecule has 8 N–H and O–H groups in total. The molecule has 0 aromatic rings. The van der Waals surface area contributed by atoms with Crippen LogP contribution in [0.15, 0.2) is 12.2 Å². The van der Waals surface area contributed by atoms with Gasteiger partial charge in [-0.1, -0.05) is 219 Å². The summed E-state index contributed by atoms with van der Waals surface area (Å²) in [5.74, 6) is -0.265. The Morgan fingerprint density at radius 3 is 1.36 bits per heavy atom. The molecule has 462 valence electrons. The van der Waals surface area contributed by atoms with Gasteiger partial charge in [0.2, 0.25) is 5.91 Å². The number of nitrogens with zero attached hydrogens (tertiary/aromatic N) is 1. The van der Waals surface area contributed by atoms with E-state index in [2.05, 4.69) is 19.2 Å². The quantitative estimate of drug-likeness (QED) is 0.0123. The summed E-state index contributed by atoms with van der Waals surface area (Å²) in [6.07, 6.45) is 26.5. The first kappa shape index (κ1) is 72.9. The van der Waals surface area contributed by atoms with Crippen molar-refractivity contribution in [2.45, 2.75) is 306 Å². The van der Waals surface area contributed by atoms with E-state index in [4.69, 9.17) is 28.0 Å². The monoisotopic (exact) mass is 1140 g/mol. The largest absolute Gasteiger partial charge is 0.756 e. The van der Waals surface area contributed by atoms with E-state index in [0.717, 1.165) is 44.9 Å². The zero-order valence-corrected chi connectivity index (χ0v) is 50.3. The van der Waals surface area contributed by atoms with E-state index in [1.807, 2.05) is 27.2 Å². The van der Waals surface area contributed by atoms with Gasteiger partial charge in [-0.3, -0.25) is 9.36 Å². The Kier molecular flexibility index (Phi) is 41.5. The molecule has 2 saturated heterocycles. The highest BCUT2D eigenvalue weighted by Crippen LogP contribution is 2.39. The Morgan fingerprint density at radius 2 is 0.936 bits per heavy atom. The fourth-order valence-electron chi connectivity index (χ4n) is 9.92. The molecule has 0 radical (unpaired) electrons. The number of phosphoric acid groups is 1. The molecule has 0 saturated carbocycles. The summed E-state index contributed by atoms with van der Waals surface area (Å²) in [7, 11) is 0.684. The number of unbranched alkanes of at least 4 members (excludes halogenated alkanes) is 31. The van der Waals surface area contributed by atoms with Crippen LogP contribution in [0.25, 0.3) is 0 Å². The third kappa shape index (κ3) is 34.4. The lowest BCUT2D eigenvalue weighted by molar-refractivity contribution is -0.870. The molecular weight excluding hydrogens is 1020 g/mol. The number of quaternary nitrogens is 1. The highest BCUT2D eigenvalue weighted by atomic mass is 31.2. The summed E-state index contributed by atoms with van der Waals surface area (Å²) >= 11 is 0. The molecule has 2 rings (SSSR count). The van der Waals surface area contributed by atoms with Gasteiger partial charge in [-0.25, -0.2) is 0 Å². The van der Waals surface area contributed by atoms with Gasteiger partial charge in [0.15, 0.2) is 12.6 Å². The summed E-state index contributed by atoms with van der Waals surface area (Å²) in [5.41, 5.74) is 0. The van der Waals surface area contributed by atoms with Gasteiger partial charge in [-0.05, 0) is 19.3 Å². The maximum absolute atomic E-state index is 13.3. The van der Waals surface area contributed by atoms with Crippen molar-refractivity contribution in [2.24, 2.45) is 0 Å². The van der Waals surface area contributed by atoms with Crippen molar-refractivity contribution in [3.63, 3.8) is 0 Å². The van der Waals surface area contributed by atoms with Crippen LogP contribution in [-0.2, 0) is 37.4 Å². The van der Waals surface area contributed by atoms with E-state index in [9.17, 15) is 50.0 Å². The number of aliphatic hydroxyl groups is 7. The van der Waals surface area contributed by atoms with E-state index in [1.54, 1.807) is 6.08 Å². The predicted molar refractivity (Wildman–Crippen MR) is 303 cm³/mol. The number of aliphatic hydroxyl groups excluding tert-OH is 7. The Balaban J connectivity index is 1.87. The van der Waals surface area contributed by atoms with E-state index < -0.39 is 94.6 Å². The zero-order valence-electron chi connectivity index (χ0n) is 49.4. The van der Waals surface area contributed by atoms with Gasteiger partial charge in [0.25, 0.3) is 7.82 Å². The highest BCUT2D eigenvalue weighted by molar-refractivity contribution is 7.45. The average molecular weight is 1140 g/mol. The molecule has 0 spiro atoms. The number of rotatable bonds is 50. The van der Waals surface area contributed by atoms with E-state index in [1.165, 1.54) is 161 Å². The second-order valence-electron chi connectivity index (χ2n) is 23.5. The summed E-state index contributed by atoms with van der Waals surface area (Å²) in [6.45, 7) is 2.93. The lowest BCUT2D eigenvalue weighted by Gasteiger charge is -2.43. The molecule has 78 heavy (non-hydrogen) atoms. The lowest BCUT2D eigenvalue weighted by atomic mass is 9.98. The zero-order chi connectivity index (χ0) is 57.4. The van der Waals surface area contributed by atoms with Crippen LogP contribution in [0.1, 0.15) is 232 Å². The molecule has 1 amide bonds. The third-order valence-corrected chi connectivity index (χ3v) is 16.1. The van der Waals surface area contributed by atoms with Crippen molar-refractivity contribution in [2.75, 3.05) is 54.1 Å². The van der Waals surface area contributed by atoms with Crippen molar-refractivity contribution in [3.05, 3.63) is 12.2 Å². The van der Waals surface area contributed by atoms with Crippen molar-refractivity contribution in [1.82, 2.24) is 5.32 Å². The van der Waals surface area contributed by atoms with Gasteiger partial charge < -0.3 is 78.4 Å². The topological polar surface area (TPSA) is 266 Å². The normalized spacial score (nSPS) is 25.6. The standard InChI is InChI=1S/C59H115N2O16P/c1-6-8-10-12-14-16-18-20-21-22-23-24-25-26-27-29-31-33-35-37-39-41-51(63)60-47(48(62)40-38-36-34-32-30-28-19-17-15-13-11-9-7-2)44-72-58-56(68)54(66)52(64)49(76-58)45-73-59-57(69)55(67)53(65)50(77-59)46-75-78(70,71)74-43-42-61(3,4)5/h38,40,47-50,52-59,62,64-69H,6-37,39,41-46H2,1-5H3,(H-,60,63,70,71)/b40-38+/t47-,48+,49+,50+,52-,53-,54-,55-,56+,57+,58+,59+/m0/s1. The van der Waals surface area contributed by atoms with Crippen molar-refractivity contribution < 1.29 is 82.5 Å². The summed E-state index contributed by atoms with van der Waals surface area (Å²) < 4.78 is 45.6. The van der Waals surface area contributed by atoms with Crippen molar-refractivity contribution >= 4 is 13.7 Å². The number of ether oxygens (including phenoxy) is 4. The van der Waals surface area contributed by atoms with Crippen LogP contribution in [0, 0.1) is 0 Å². The van der Waals surface area contributed by atoms with Crippen LogP contribution in [-0.4, -0.2) is 174 Å². The minimum absolute atomic E-state index is 0.174. The third-order valence-electron chi connectivity index (χ3n) is 15.2. The number of phosphoric ester groups is 1. The minimum Gasteiger partial charge on any atom is -0.756 e. The molecule has 0 aromatic heterocycles. The molecule has 1 unspecified atom stereocenters. The Bertz CT molecular complexity index is 1530. The van der Waals surface area contributed by atoms with Crippen LogP contribution in [0.5, 0.6) is 0 Å². The minimum atomic E-state index is -4.86. The van der Waals surface area contributed by atoms with Crippen LogP contribution >= 0.6 is 7.82 Å². The van der Waals surface area contributed by atoms with Crippen LogP contribution < -0.4 is 10.2 Å². The average Bonchev–Trinajstić information content (AvgIpc) is 3.40. The fraction of sp³-hybridized carbons (Fsp3) is 0.949. The van der Waals surface area contributed by atoms with E-state index >= 15 is 0 Å². The van der Waals surface area contributed by atoms with E-state index in [-0.39, 0.29) is 25.5 Å². The first-order valence-electron chi connectivity index (χ1n) is 31.1. The maximum Gasteiger partial charge on any atom is 0.268 e. The molecule has 0 aromatic carbocycles. The number of carbonyl (C=O) groups excluding carboxylic acids is 1. The van der Waals surface area contributed by atoms with Gasteiger partial charge in [-0.2, -0.15) is 0 Å². The Hall–Kier alpha value is -1.16. The Morgan fingerprint density at radius 1 is 0.551 bits per heavy atom. The molecule has 18 nitrogen and oxygen atoms in total. The van der Waals surface area contributed by atoms with Gasteiger partial charge in [-0.15, -0.1) is 0 Å². The number of likely N-dealkylation sites (N-methyl/N-ethyl adjacent to an activating group) is 1. The number of carbonyl (C=O) groups is 1. The van der Waals surface area contributed by atoms with Crippen LogP contribution in [0.4, 0.5) is 0 Å². The van der Waals surface area contributed by atoms with Gasteiger partial charge in [0.05, 0.1) is 53.1 Å². The van der Waals surface area contributed by atoms with Crippen molar-refractivity contribution in [1.29, 1.82) is 0 Å². The molecule has 0 aliphatic carbocycles. The second kappa shape index (κ2) is 44.4. The fourth-order valence-corrected chi connectivity index (χ4v) is 10.6. The summed E-state index contributed by atoms with van der Waals surface area (Å²) in [4.78, 5) is 25.7. The number of amides is 1. The molecule has 19 heteroatoms. The molecule has 13 atom stereocenters. The van der Waals surface area contributed by atoms with Gasteiger partial charge in [0.1, 0.15) is 62.0 Å². The molecule has 2 fully saturated rings. The molecule has 2 heterocycles.